The van der Waals surface area contributed by atoms with Crippen LogP contribution in [0.4, 0.5) is 17.3 Å². The number of pyridine rings is 1. The Morgan fingerprint density at radius 1 is 1.58 bits per heavy atom. The van der Waals surface area contributed by atoms with Crippen molar-refractivity contribution in [3.05, 3.63) is 38.8 Å². The summed E-state index contributed by atoms with van der Waals surface area (Å²) >= 11 is 1.49. The molecular weight excluding hydrogens is 268 g/mol. The first-order valence-corrected chi connectivity index (χ1v) is 6.25. The molecule has 0 radical (unpaired) electrons. The first kappa shape index (κ1) is 13.2. The van der Waals surface area contributed by atoms with Gasteiger partial charge in [0, 0.05) is 12.4 Å². The number of nitrogens with zero attached hydrogens (tertiary/aromatic N) is 4. The Hall–Kier alpha value is -2.26. The first-order chi connectivity index (χ1) is 9.10. The number of hydrazine groups is 1. The molecule has 2 heterocycles. The molecule has 0 aliphatic heterocycles. The molecule has 2 aromatic heterocycles. The smallest absolute Gasteiger partial charge is 0.276 e. The highest BCUT2D eigenvalue weighted by atomic mass is 32.1. The van der Waals surface area contributed by atoms with E-state index in [9.17, 15) is 10.1 Å². The lowest BCUT2D eigenvalue weighted by atomic mass is 10.3. The summed E-state index contributed by atoms with van der Waals surface area (Å²) in [5.41, 5.74) is 4.86. The van der Waals surface area contributed by atoms with Crippen LogP contribution in [0.25, 0.3) is 0 Å². The number of nitrogens with two attached hydrogens (primary N) is 1. The average molecular weight is 280 g/mol. The topological polar surface area (TPSA) is 110 Å². The summed E-state index contributed by atoms with van der Waals surface area (Å²) < 4.78 is 0. The molecule has 0 aliphatic carbocycles. The van der Waals surface area contributed by atoms with Gasteiger partial charge in [0.25, 0.3) is 5.69 Å². The Morgan fingerprint density at radius 3 is 2.95 bits per heavy atom. The molecule has 19 heavy (non-hydrogen) atoms. The van der Waals surface area contributed by atoms with E-state index in [1.165, 1.54) is 23.5 Å². The summed E-state index contributed by atoms with van der Waals surface area (Å²) in [6.07, 6.45) is 0. The fourth-order valence-corrected chi connectivity index (χ4v) is 2.07. The minimum Gasteiger partial charge on any atom is -0.353 e. The minimum absolute atomic E-state index is 0.0666. The SMILES string of the molecule is CN(Cc1cscn1)c1cc([N+](=O)[O-])cc(NN)n1. The van der Waals surface area contributed by atoms with Crippen LogP contribution in [0.5, 0.6) is 0 Å². The van der Waals surface area contributed by atoms with Gasteiger partial charge in [0.2, 0.25) is 0 Å². The van der Waals surface area contributed by atoms with Crippen molar-refractivity contribution in [2.24, 2.45) is 5.84 Å². The van der Waals surface area contributed by atoms with Crippen molar-refractivity contribution >= 4 is 28.7 Å². The average Bonchev–Trinajstić information content (AvgIpc) is 2.90. The van der Waals surface area contributed by atoms with Gasteiger partial charge < -0.3 is 10.3 Å². The largest absolute Gasteiger partial charge is 0.353 e. The van der Waals surface area contributed by atoms with Crippen molar-refractivity contribution in [2.75, 3.05) is 17.4 Å². The highest BCUT2D eigenvalue weighted by molar-refractivity contribution is 7.07. The number of nitro groups is 1. The van der Waals surface area contributed by atoms with Gasteiger partial charge >= 0.3 is 0 Å². The molecule has 9 heteroatoms. The molecule has 0 bridgehead atoms. The van der Waals surface area contributed by atoms with Crippen LogP contribution in [-0.4, -0.2) is 21.9 Å². The third-order valence-electron chi connectivity index (χ3n) is 2.43. The van der Waals surface area contributed by atoms with Crippen LogP contribution in [0.15, 0.2) is 23.0 Å². The van der Waals surface area contributed by atoms with E-state index < -0.39 is 4.92 Å². The summed E-state index contributed by atoms with van der Waals surface area (Å²) in [6, 6.07) is 2.67. The van der Waals surface area contributed by atoms with E-state index >= 15 is 0 Å². The molecule has 0 saturated heterocycles. The molecule has 100 valence electrons. The van der Waals surface area contributed by atoms with E-state index in [0.29, 0.717) is 12.4 Å². The minimum atomic E-state index is -0.483. The predicted molar refractivity (Wildman–Crippen MR) is 72.9 cm³/mol. The standard InChI is InChI=1S/C10H12N6O2S/c1-15(4-7-5-19-6-12-7)10-3-8(16(17)18)2-9(13-10)14-11/h2-3,5-6H,4,11H2,1H3,(H,13,14). The Kier molecular flexibility index (Phi) is 3.88. The third kappa shape index (κ3) is 3.14. The summed E-state index contributed by atoms with van der Waals surface area (Å²) in [7, 11) is 1.78. The number of aromatic nitrogens is 2. The monoisotopic (exact) mass is 280 g/mol. The number of hydrogen-bond donors (Lipinski definition) is 2. The van der Waals surface area contributed by atoms with Crippen LogP contribution in [0, 0.1) is 10.1 Å². The summed E-state index contributed by atoms with van der Waals surface area (Å²) in [6.45, 7) is 0.516. The normalized spacial score (nSPS) is 10.2. The molecule has 0 amide bonds. The molecule has 3 N–H and O–H groups in total. The van der Waals surface area contributed by atoms with Crippen LogP contribution in [0.2, 0.25) is 0 Å². The second-order valence-corrected chi connectivity index (χ2v) is 4.52. The molecule has 2 aromatic rings. The maximum absolute atomic E-state index is 10.8. The van der Waals surface area contributed by atoms with Gasteiger partial charge in [-0.2, -0.15) is 0 Å². The number of hydrogen-bond acceptors (Lipinski definition) is 8. The lowest BCUT2D eigenvalue weighted by molar-refractivity contribution is -0.384. The summed E-state index contributed by atoms with van der Waals surface area (Å²) in [4.78, 5) is 20.5. The van der Waals surface area contributed by atoms with Crippen LogP contribution in [0.3, 0.4) is 0 Å². The Bertz CT molecular complexity index is 573. The van der Waals surface area contributed by atoms with Crippen molar-refractivity contribution in [2.45, 2.75) is 6.54 Å². The van der Waals surface area contributed by atoms with Gasteiger partial charge in [-0.25, -0.2) is 15.8 Å². The van der Waals surface area contributed by atoms with Crippen molar-refractivity contribution in [1.82, 2.24) is 9.97 Å². The van der Waals surface area contributed by atoms with Crippen molar-refractivity contribution < 1.29 is 4.92 Å². The Morgan fingerprint density at radius 2 is 2.37 bits per heavy atom. The maximum Gasteiger partial charge on any atom is 0.276 e. The van der Waals surface area contributed by atoms with Gasteiger partial charge in [0.15, 0.2) is 0 Å². The number of anilines is 2. The van der Waals surface area contributed by atoms with E-state index in [4.69, 9.17) is 5.84 Å². The van der Waals surface area contributed by atoms with Crippen molar-refractivity contribution in [3.63, 3.8) is 0 Å². The highest BCUT2D eigenvalue weighted by Crippen LogP contribution is 2.23. The lowest BCUT2D eigenvalue weighted by Gasteiger charge is -2.17. The van der Waals surface area contributed by atoms with Gasteiger partial charge in [0.05, 0.1) is 34.8 Å². The lowest BCUT2D eigenvalue weighted by Crippen LogP contribution is -2.19. The highest BCUT2D eigenvalue weighted by Gasteiger charge is 2.14. The zero-order chi connectivity index (χ0) is 13.8. The molecule has 0 fully saturated rings. The zero-order valence-electron chi connectivity index (χ0n) is 10.1. The van der Waals surface area contributed by atoms with E-state index in [1.807, 2.05) is 5.38 Å². The Balaban J connectivity index is 2.27. The van der Waals surface area contributed by atoms with Gasteiger partial charge in [-0.1, -0.05) is 0 Å². The molecule has 0 unspecified atom stereocenters. The molecule has 0 aliphatic rings. The fourth-order valence-electron chi connectivity index (χ4n) is 1.52. The zero-order valence-corrected chi connectivity index (χ0v) is 10.9. The van der Waals surface area contributed by atoms with Gasteiger partial charge in [-0.05, 0) is 0 Å². The van der Waals surface area contributed by atoms with Crippen LogP contribution < -0.4 is 16.2 Å². The number of thiazole rings is 1. The molecule has 0 atom stereocenters. The quantitative estimate of drug-likeness (QED) is 0.483. The van der Waals surface area contributed by atoms with Gasteiger partial charge in [0.1, 0.15) is 11.6 Å². The molecular formula is C10H12N6O2S. The van der Waals surface area contributed by atoms with Crippen LogP contribution in [0.1, 0.15) is 5.69 Å². The van der Waals surface area contributed by atoms with Crippen LogP contribution in [-0.2, 0) is 6.54 Å². The Labute approximate surface area is 113 Å². The van der Waals surface area contributed by atoms with Crippen molar-refractivity contribution in [3.8, 4) is 0 Å². The number of rotatable bonds is 5. The number of nitrogen functional groups attached to an aromatic ring is 1. The van der Waals surface area contributed by atoms with E-state index in [-0.39, 0.29) is 11.5 Å². The first-order valence-electron chi connectivity index (χ1n) is 5.31. The second kappa shape index (κ2) is 5.59. The summed E-state index contributed by atoms with van der Waals surface area (Å²) in [5.74, 6) is 5.96. The van der Waals surface area contributed by atoms with Gasteiger partial charge in [-0.15, -0.1) is 11.3 Å². The van der Waals surface area contributed by atoms with E-state index in [1.54, 1.807) is 17.5 Å². The summed E-state index contributed by atoms with van der Waals surface area (Å²) in [5, 5.41) is 12.8. The van der Waals surface area contributed by atoms with E-state index in [0.717, 1.165) is 5.69 Å². The van der Waals surface area contributed by atoms with E-state index in [2.05, 4.69) is 15.4 Å². The number of nitrogens with one attached hydrogen (secondary N) is 1. The van der Waals surface area contributed by atoms with Crippen LogP contribution >= 0.6 is 11.3 Å². The third-order valence-corrected chi connectivity index (χ3v) is 3.06. The molecule has 0 spiro atoms. The fraction of sp³-hybridized carbons (Fsp3) is 0.200. The molecule has 2 rings (SSSR count). The predicted octanol–water partition coefficient (Wildman–Crippen LogP) is 1.37. The van der Waals surface area contributed by atoms with Gasteiger partial charge in [-0.3, -0.25) is 10.1 Å². The molecule has 8 nitrogen and oxygen atoms in total. The molecule has 0 saturated carbocycles. The van der Waals surface area contributed by atoms with Crippen molar-refractivity contribution in [1.29, 1.82) is 0 Å². The molecule has 0 aromatic carbocycles. The second-order valence-electron chi connectivity index (χ2n) is 3.81. The maximum atomic E-state index is 10.8.